The number of nitrogens with zero attached hydrogens (tertiary/aromatic N) is 1. The predicted octanol–water partition coefficient (Wildman–Crippen LogP) is 2.57. The van der Waals surface area contributed by atoms with E-state index in [4.69, 9.17) is 0 Å². The zero-order valence-electron chi connectivity index (χ0n) is 7.69. The summed E-state index contributed by atoms with van der Waals surface area (Å²) >= 11 is 0. The Morgan fingerprint density at radius 3 is 2.18 bits per heavy atom. The molecular weight excluding hydrogens is 141 g/mol. The van der Waals surface area contributed by atoms with Gasteiger partial charge in [-0.3, -0.25) is 0 Å². The van der Waals surface area contributed by atoms with E-state index in [0.717, 1.165) is 5.57 Å². The Labute approximate surface area is 68.2 Å². The highest BCUT2D eigenvalue weighted by molar-refractivity contribution is 5.18. The van der Waals surface area contributed by atoms with Crippen LogP contribution in [0.3, 0.4) is 0 Å². The van der Waals surface area contributed by atoms with Crippen molar-refractivity contribution in [3.8, 4) is 0 Å². The van der Waals surface area contributed by atoms with Crippen LogP contribution >= 0.6 is 0 Å². The standard InChI is InChI=1S/C9H16FN/c1-7(2)8(3)6-9(10)11(4)5/h6-7H,3H2,1-2,4-5H3/b9-6-. The van der Waals surface area contributed by atoms with Crippen LogP contribution in [-0.4, -0.2) is 19.0 Å². The first-order valence-electron chi connectivity index (χ1n) is 3.68. The molecule has 0 atom stereocenters. The maximum atomic E-state index is 12.9. The molecule has 0 bridgehead atoms. The molecule has 0 unspecified atom stereocenters. The zero-order valence-corrected chi connectivity index (χ0v) is 7.69. The Hall–Kier alpha value is -0.790. The Morgan fingerprint density at radius 1 is 1.45 bits per heavy atom. The molecule has 0 fully saturated rings. The molecule has 0 aromatic carbocycles. The van der Waals surface area contributed by atoms with Gasteiger partial charge in [0.2, 0.25) is 0 Å². The highest BCUT2D eigenvalue weighted by Gasteiger charge is 2.00. The molecule has 0 aliphatic rings. The largest absolute Gasteiger partial charge is 0.355 e. The molecule has 0 N–H and O–H groups in total. The van der Waals surface area contributed by atoms with E-state index in [1.54, 1.807) is 14.1 Å². The molecule has 2 heteroatoms. The molecule has 0 amide bonds. The van der Waals surface area contributed by atoms with E-state index in [1.165, 1.54) is 11.0 Å². The van der Waals surface area contributed by atoms with E-state index in [2.05, 4.69) is 6.58 Å². The second-order valence-electron chi connectivity index (χ2n) is 3.09. The topological polar surface area (TPSA) is 3.24 Å². The zero-order chi connectivity index (χ0) is 9.02. The molecule has 0 saturated heterocycles. The number of hydrogen-bond donors (Lipinski definition) is 0. The van der Waals surface area contributed by atoms with E-state index in [1.807, 2.05) is 13.8 Å². The monoisotopic (exact) mass is 157 g/mol. The van der Waals surface area contributed by atoms with E-state index < -0.39 is 0 Å². The first-order valence-corrected chi connectivity index (χ1v) is 3.68. The molecule has 0 aromatic heterocycles. The van der Waals surface area contributed by atoms with Crippen molar-refractivity contribution in [3.63, 3.8) is 0 Å². The van der Waals surface area contributed by atoms with Crippen LogP contribution in [0.2, 0.25) is 0 Å². The fourth-order valence-corrected chi connectivity index (χ4v) is 0.449. The normalized spacial score (nSPS) is 12.0. The maximum absolute atomic E-state index is 12.9. The summed E-state index contributed by atoms with van der Waals surface area (Å²) in [6, 6.07) is 0. The van der Waals surface area contributed by atoms with Crippen LogP contribution in [0.5, 0.6) is 0 Å². The Morgan fingerprint density at radius 2 is 1.91 bits per heavy atom. The Balaban J connectivity index is 4.20. The quantitative estimate of drug-likeness (QED) is 0.449. The maximum Gasteiger partial charge on any atom is 0.189 e. The van der Waals surface area contributed by atoms with Gasteiger partial charge >= 0.3 is 0 Å². The Kier molecular flexibility index (Phi) is 3.86. The lowest BCUT2D eigenvalue weighted by Crippen LogP contribution is -2.07. The van der Waals surface area contributed by atoms with Crippen LogP contribution in [-0.2, 0) is 0 Å². The molecule has 0 aliphatic carbocycles. The van der Waals surface area contributed by atoms with Gasteiger partial charge in [0.25, 0.3) is 0 Å². The summed E-state index contributed by atoms with van der Waals surface area (Å²) in [5.41, 5.74) is 0.816. The van der Waals surface area contributed by atoms with Crippen molar-refractivity contribution in [2.75, 3.05) is 14.1 Å². The van der Waals surface area contributed by atoms with E-state index >= 15 is 0 Å². The van der Waals surface area contributed by atoms with Crippen molar-refractivity contribution < 1.29 is 4.39 Å². The van der Waals surface area contributed by atoms with Gasteiger partial charge in [0.15, 0.2) is 5.95 Å². The van der Waals surface area contributed by atoms with Crippen molar-refractivity contribution in [3.05, 3.63) is 24.2 Å². The van der Waals surface area contributed by atoms with Gasteiger partial charge in [0, 0.05) is 14.1 Å². The van der Waals surface area contributed by atoms with Crippen molar-refractivity contribution in [1.82, 2.24) is 4.90 Å². The van der Waals surface area contributed by atoms with Crippen LogP contribution in [0.15, 0.2) is 24.2 Å². The van der Waals surface area contributed by atoms with Gasteiger partial charge in [-0.2, -0.15) is 4.39 Å². The first-order chi connectivity index (χ1) is 4.95. The summed E-state index contributed by atoms with van der Waals surface area (Å²) in [5.74, 6) is 0.0596. The van der Waals surface area contributed by atoms with Crippen LogP contribution < -0.4 is 0 Å². The van der Waals surface area contributed by atoms with E-state index in [-0.39, 0.29) is 5.95 Å². The summed E-state index contributed by atoms with van der Waals surface area (Å²) in [6.45, 7) is 7.71. The third kappa shape index (κ3) is 3.81. The molecule has 11 heavy (non-hydrogen) atoms. The lowest BCUT2D eigenvalue weighted by molar-refractivity contribution is 0.373. The minimum Gasteiger partial charge on any atom is -0.355 e. The molecule has 0 aliphatic heterocycles. The molecule has 0 spiro atoms. The van der Waals surface area contributed by atoms with E-state index in [9.17, 15) is 4.39 Å². The highest BCUT2D eigenvalue weighted by Crippen LogP contribution is 2.12. The number of halogens is 1. The fourth-order valence-electron chi connectivity index (χ4n) is 0.449. The highest BCUT2D eigenvalue weighted by atomic mass is 19.1. The predicted molar refractivity (Wildman–Crippen MR) is 46.9 cm³/mol. The summed E-state index contributed by atoms with van der Waals surface area (Å²) in [6.07, 6.45) is 1.46. The molecule has 0 aromatic rings. The van der Waals surface area contributed by atoms with Crippen LogP contribution in [0, 0.1) is 5.92 Å². The SMILES string of the molecule is C=C(/C=C(/F)N(C)C)C(C)C. The number of hydrogen-bond acceptors (Lipinski definition) is 1. The lowest BCUT2D eigenvalue weighted by atomic mass is 10.1. The average Bonchev–Trinajstić information content (AvgIpc) is 1.87. The van der Waals surface area contributed by atoms with Crippen molar-refractivity contribution in [1.29, 1.82) is 0 Å². The van der Waals surface area contributed by atoms with Gasteiger partial charge in [0.05, 0.1) is 0 Å². The minimum atomic E-state index is -0.247. The Bertz CT molecular complexity index is 168. The van der Waals surface area contributed by atoms with Gasteiger partial charge in [-0.05, 0) is 17.6 Å². The van der Waals surface area contributed by atoms with Crippen LogP contribution in [0.4, 0.5) is 4.39 Å². The van der Waals surface area contributed by atoms with Gasteiger partial charge in [-0.1, -0.05) is 20.4 Å². The van der Waals surface area contributed by atoms with Gasteiger partial charge < -0.3 is 4.90 Å². The summed E-state index contributed by atoms with van der Waals surface area (Å²) in [4.78, 5) is 1.42. The smallest absolute Gasteiger partial charge is 0.189 e. The molecule has 0 radical (unpaired) electrons. The second kappa shape index (κ2) is 4.16. The summed E-state index contributed by atoms with van der Waals surface area (Å²) in [7, 11) is 3.33. The van der Waals surface area contributed by atoms with Crippen LogP contribution in [0.25, 0.3) is 0 Å². The fraction of sp³-hybridized carbons (Fsp3) is 0.556. The average molecular weight is 157 g/mol. The third-order valence-electron chi connectivity index (χ3n) is 1.47. The van der Waals surface area contributed by atoms with Gasteiger partial charge in [-0.15, -0.1) is 0 Å². The van der Waals surface area contributed by atoms with E-state index in [0.29, 0.717) is 5.92 Å². The molecule has 1 nitrogen and oxygen atoms in total. The summed E-state index contributed by atoms with van der Waals surface area (Å²) in [5, 5.41) is 0. The van der Waals surface area contributed by atoms with Crippen molar-refractivity contribution in [2.24, 2.45) is 5.92 Å². The molecule has 0 rings (SSSR count). The van der Waals surface area contributed by atoms with Crippen molar-refractivity contribution >= 4 is 0 Å². The molecular formula is C9H16FN. The minimum absolute atomic E-state index is 0.247. The summed E-state index contributed by atoms with van der Waals surface area (Å²) < 4.78 is 12.9. The first kappa shape index (κ1) is 10.2. The lowest BCUT2D eigenvalue weighted by Gasteiger charge is -2.10. The molecule has 0 saturated carbocycles. The third-order valence-corrected chi connectivity index (χ3v) is 1.47. The molecule has 64 valence electrons. The van der Waals surface area contributed by atoms with Crippen molar-refractivity contribution in [2.45, 2.75) is 13.8 Å². The number of allylic oxidation sites excluding steroid dienone is 2. The molecule has 0 heterocycles. The number of rotatable bonds is 3. The van der Waals surface area contributed by atoms with Gasteiger partial charge in [0.1, 0.15) is 0 Å². The second-order valence-corrected chi connectivity index (χ2v) is 3.09. The van der Waals surface area contributed by atoms with Gasteiger partial charge in [-0.25, -0.2) is 0 Å². The van der Waals surface area contributed by atoms with Crippen LogP contribution in [0.1, 0.15) is 13.8 Å².